The molecule has 1 heterocycles. The second-order valence-electron chi connectivity index (χ2n) is 6.63. The average Bonchev–Trinajstić information content (AvgIpc) is 2.69. The molecule has 0 radical (unpaired) electrons. The first-order valence-corrected chi connectivity index (χ1v) is 6.66. The first-order valence-electron chi connectivity index (χ1n) is 6.66. The van der Waals surface area contributed by atoms with E-state index < -0.39 is 0 Å². The van der Waals surface area contributed by atoms with Gasteiger partial charge in [-0.15, -0.1) is 0 Å². The van der Waals surface area contributed by atoms with Crippen molar-refractivity contribution in [3.05, 3.63) is 29.3 Å². The van der Waals surface area contributed by atoms with Crippen LogP contribution in [0.4, 0.5) is 0 Å². The van der Waals surface area contributed by atoms with Crippen LogP contribution in [-0.2, 0) is 6.42 Å². The molecule has 0 amide bonds. The van der Waals surface area contributed by atoms with Crippen molar-refractivity contribution in [2.45, 2.75) is 34.1 Å². The van der Waals surface area contributed by atoms with Crippen LogP contribution in [-0.4, -0.2) is 12.4 Å². The van der Waals surface area contributed by atoms with E-state index in [9.17, 15) is 4.79 Å². The number of para-hydroxylation sites is 1. The lowest BCUT2D eigenvalue weighted by atomic mass is 9.98. The van der Waals surface area contributed by atoms with Gasteiger partial charge in [0.15, 0.2) is 5.78 Å². The minimum atomic E-state index is 0.0887. The molecule has 2 heteroatoms. The third-order valence-corrected chi connectivity index (χ3v) is 5.26. The van der Waals surface area contributed by atoms with Crippen molar-refractivity contribution < 1.29 is 9.53 Å². The first kappa shape index (κ1) is 11.8. The van der Waals surface area contributed by atoms with Gasteiger partial charge in [0, 0.05) is 12.3 Å². The van der Waals surface area contributed by atoms with Crippen LogP contribution in [0.3, 0.4) is 0 Å². The Balaban J connectivity index is 1.99. The van der Waals surface area contributed by atoms with Crippen molar-refractivity contribution in [2.75, 3.05) is 6.61 Å². The Bertz CT molecular complexity index is 512. The number of carbonyl (C=O) groups is 1. The summed E-state index contributed by atoms with van der Waals surface area (Å²) in [6.07, 6.45) is 0.925. The third kappa shape index (κ3) is 1.32. The maximum Gasteiger partial charge on any atom is 0.170 e. The molecule has 0 spiro atoms. The lowest BCUT2D eigenvalue weighted by Crippen LogP contribution is -2.09. The fraction of sp³-hybridized carbons (Fsp3) is 0.562. The van der Waals surface area contributed by atoms with Crippen molar-refractivity contribution in [1.29, 1.82) is 0 Å². The molecule has 0 bridgehead atoms. The molecule has 0 aromatic heterocycles. The smallest absolute Gasteiger partial charge is 0.170 e. The van der Waals surface area contributed by atoms with Crippen molar-refractivity contribution in [3.63, 3.8) is 0 Å². The molecule has 1 fully saturated rings. The van der Waals surface area contributed by atoms with E-state index in [1.54, 1.807) is 0 Å². The van der Waals surface area contributed by atoms with E-state index >= 15 is 0 Å². The molecule has 2 aliphatic rings. The summed E-state index contributed by atoms with van der Waals surface area (Å²) in [6.45, 7) is 9.43. The maximum absolute atomic E-state index is 12.7. The van der Waals surface area contributed by atoms with Crippen LogP contribution >= 0.6 is 0 Å². The van der Waals surface area contributed by atoms with E-state index in [2.05, 4.69) is 33.8 Å². The van der Waals surface area contributed by atoms with Crippen molar-refractivity contribution in [1.82, 2.24) is 0 Å². The number of hydrogen-bond donors (Lipinski definition) is 0. The van der Waals surface area contributed by atoms with Crippen LogP contribution in [0.1, 0.15) is 43.6 Å². The molecule has 0 unspecified atom stereocenters. The molecule has 1 aliphatic heterocycles. The van der Waals surface area contributed by atoms with Crippen molar-refractivity contribution in [2.24, 2.45) is 16.7 Å². The van der Waals surface area contributed by atoms with Gasteiger partial charge in [-0.05, 0) is 22.5 Å². The Morgan fingerprint density at radius 1 is 1.22 bits per heavy atom. The van der Waals surface area contributed by atoms with Gasteiger partial charge in [-0.2, -0.15) is 0 Å². The predicted octanol–water partition coefficient (Wildman–Crippen LogP) is 3.49. The van der Waals surface area contributed by atoms with E-state index in [1.807, 2.05) is 12.1 Å². The zero-order valence-corrected chi connectivity index (χ0v) is 11.5. The minimum Gasteiger partial charge on any atom is -0.492 e. The molecule has 1 aliphatic carbocycles. The van der Waals surface area contributed by atoms with Crippen molar-refractivity contribution in [3.8, 4) is 5.75 Å². The number of fused-ring (bicyclic) bond motifs is 1. The lowest BCUT2D eigenvalue weighted by Gasteiger charge is -2.08. The highest BCUT2D eigenvalue weighted by Gasteiger charge is 2.68. The Morgan fingerprint density at radius 3 is 2.50 bits per heavy atom. The van der Waals surface area contributed by atoms with Crippen LogP contribution in [0, 0.1) is 16.7 Å². The Kier molecular flexibility index (Phi) is 2.20. The minimum absolute atomic E-state index is 0.0887. The van der Waals surface area contributed by atoms with Gasteiger partial charge in [-0.3, -0.25) is 4.79 Å². The number of ketones is 1. The Labute approximate surface area is 108 Å². The number of benzene rings is 1. The molecule has 1 saturated carbocycles. The van der Waals surface area contributed by atoms with E-state index in [1.165, 1.54) is 5.56 Å². The highest BCUT2D eigenvalue weighted by Crippen LogP contribution is 2.69. The molecule has 96 valence electrons. The quantitative estimate of drug-likeness (QED) is 0.744. The van der Waals surface area contributed by atoms with E-state index in [0.717, 1.165) is 17.7 Å². The summed E-state index contributed by atoms with van der Waals surface area (Å²) in [5, 5.41) is 0. The molecule has 18 heavy (non-hydrogen) atoms. The normalized spacial score (nSPS) is 23.3. The van der Waals surface area contributed by atoms with Crippen LogP contribution in [0.25, 0.3) is 0 Å². The van der Waals surface area contributed by atoms with Crippen LogP contribution in [0.2, 0.25) is 0 Å². The molecule has 0 N–H and O–H groups in total. The number of hydrogen-bond acceptors (Lipinski definition) is 2. The number of ether oxygens (including phenoxy) is 1. The molecular weight excluding hydrogens is 224 g/mol. The first-order chi connectivity index (χ1) is 8.37. The summed E-state index contributed by atoms with van der Waals surface area (Å²) in [7, 11) is 0. The average molecular weight is 244 g/mol. The highest BCUT2D eigenvalue weighted by atomic mass is 16.5. The molecule has 0 saturated heterocycles. The summed E-state index contributed by atoms with van der Waals surface area (Å²) in [4.78, 5) is 12.7. The molecule has 1 aromatic rings. The largest absolute Gasteiger partial charge is 0.492 e. The zero-order chi connectivity index (χ0) is 13.1. The molecule has 2 nitrogen and oxygen atoms in total. The van der Waals surface area contributed by atoms with Gasteiger partial charge < -0.3 is 4.74 Å². The Morgan fingerprint density at radius 2 is 1.89 bits per heavy atom. The molecule has 1 aromatic carbocycles. The summed E-state index contributed by atoms with van der Waals surface area (Å²) in [5.74, 6) is 1.20. The number of carbonyl (C=O) groups excluding carboxylic acids is 1. The van der Waals surface area contributed by atoms with Crippen LogP contribution in [0.15, 0.2) is 18.2 Å². The lowest BCUT2D eigenvalue weighted by molar-refractivity contribution is 0.0942. The molecule has 3 rings (SSSR count). The van der Waals surface area contributed by atoms with Gasteiger partial charge in [0.05, 0.1) is 12.2 Å². The van der Waals surface area contributed by atoms with E-state index in [4.69, 9.17) is 4.74 Å². The van der Waals surface area contributed by atoms with Gasteiger partial charge in [0.25, 0.3) is 0 Å². The molecular formula is C16H20O2. The van der Waals surface area contributed by atoms with Gasteiger partial charge in [-0.25, -0.2) is 0 Å². The van der Waals surface area contributed by atoms with Gasteiger partial charge >= 0.3 is 0 Å². The van der Waals surface area contributed by atoms with Gasteiger partial charge in [-0.1, -0.05) is 39.8 Å². The van der Waals surface area contributed by atoms with Crippen LogP contribution in [0.5, 0.6) is 5.75 Å². The maximum atomic E-state index is 12.7. The summed E-state index contributed by atoms with van der Waals surface area (Å²) in [5.41, 5.74) is 2.14. The summed E-state index contributed by atoms with van der Waals surface area (Å²) in [6, 6.07) is 5.95. The van der Waals surface area contributed by atoms with Crippen molar-refractivity contribution >= 4 is 5.78 Å². The zero-order valence-electron chi connectivity index (χ0n) is 11.5. The number of rotatable bonds is 2. The predicted molar refractivity (Wildman–Crippen MR) is 71.0 cm³/mol. The molecule has 0 atom stereocenters. The highest BCUT2D eigenvalue weighted by molar-refractivity contribution is 6.03. The van der Waals surface area contributed by atoms with Gasteiger partial charge in [0.2, 0.25) is 0 Å². The number of Topliss-reactive ketones (excluding diaryl/α,β-unsaturated/α-hetero) is 1. The standard InChI is InChI=1S/C16H20O2/c1-15(2)14(16(15,3)4)12(17)11-7-5-6-10-8-9-18-13(10)11/h5-7,14H,8-9H2,1-4H3. The second-order valence-corrected chi connectivity index (χ2v) is 6.63. The monoisotopic (exact) mass is 244 g/mol. The third-order valence-electron chi connectivity index (χ3n) is 5.26. The van der Waals surface area contributed by atoms with Gasteiger partial charge in [0.1, 0.15) is 5.75 Å². The summed E-state index contributed by atoms with van der Waals surface area (Å²) >= 11 is 0. The SMILES string of the molecule is CC1(C)C(C(=O)c2cccc3c2OCC3)C1(C)C. The van der Waals surface area contributed by atoms with E-state index in [-0.39, 0.29) is 22.5 Å². The second kappa shape index (κ2) is 3.37. The fourth-order valence-corrected chi connectivity index (χ4v) is 3.42. The summed E-state index contributed by atoms with van der Waals surface area (Å²) < 4.78 is 5.64. The fourth-order valence-electron chi connectivity index (χ4n) is 3.42. The Hall–Kier alpha value is -1.31. The van der Waals surface area contributed by atoms with E-state index in [0.29, 0.717) is 6.61 Å². The topological polar surface area (TPSA) is 26.3 Å². The van der Waals surface area contributed by atoms with Crippen LogP contribution < -0.4 is 4.74 Å².